The molecule has 0 saturated carbocycles. The average Bonchev–Trinajstić information content (AvgIpc) is 3.10. The molecule has 1 aromatic heterocycles. The van der Waals surface area contributed by atoms with E-state index in [1.165, 1.54) is 0 Å². The molecule has 0 bridgehead atoms. The van der Waals surface area contributed by atoms with Gasteiger partial charge >= 0.3 is 0 Å². The summed E-state index contributed by atoms with van der Waals surface area (Å²) in [6.45, 7) is 8.64. The minimum Gasteiger partial charge on any atom is -0.366 e. The summed E-state index contributed by atoms with van der Waals surface area (Å²) in [6.07, 6.45) is 1.53. The maximum absolute atomic E-state index is 12.8. The molecule has 0 aliphatic carbocycles. The van der Waals surface area contributed by atoms with Crippen LogP contribution in [0.1, 0.15) is 25.8 Å². The Hall–Kier alpha value is -1.12. The van der Waals surface area contributed by atoms with Crippen LogP contribution in [0.5, 0.6) is 0 Å². The second kappa shape index (κ2) is 7.63. The van der Waals surface area contributed by atoms with Crippen molar-refractivity contribution in [1.82, 2.24) is 24.6 Å². The lowest BCUT2D eigenvalue weighted by atomic mass is 10.2. The quantitative estimate of drug-likeness (QED) is 0.802. The molecular formula is C15H25N5O2S. The highest BCUT2D eigenvalue weighted by Gasteiger charge is 2.32. The maximum atomic E-state index is 12.8. The lowest BCUT2D eigenvalue weighted by molar-refractivity contribution is -0.144. The van der Waals surface area contributed by atoms with Crippen molar-refractivity contribution in [2.45, 2.75) is 32.5 Å². The van der Waals surface area contributed by atoms with Gasteiger partial charge in [0.25, 0.3) is 0 Å². The van der Waals surface area contributed by atoms with Gasteiger partial charge in [-0.1, -0.05) is 0 Å². The molecule has 3 rings (SSSR count). The molecule has 128 valence electrons. The number of carbonyl (C=O) groups excluding carboxylic acids is 1. The molecule has 0 spiro atoms. The Morgan fingerprint density at radius 2 is 2.22 bits per heavy atom. The predicted octanol–water partition coefficient (Wildman–Crippen LogP) is 0.635. The third-order valence-electron chi connectivity index (χ3n) is 4.60. The highest BCUT2D eigenvalue weighted by molar-refractivity contribution is 7.99. The fourth-order valence-electron chi connectivity index (χ4n) is 3.15. The number of nitrogens with zero attached hydrogens (tertiary/aromatic N) is 5. The Bertz CT molecular complexity index is 532. The first-order valence-electron chi connectivity index (χ1n) is 8.30. The number of hydrogen-bond acceptors (Lipinski definition) is 6. The van der Waals surface area contributed by atoms with Gasteiger partial charge in [-0.15, -0.1) is 10.2 Å². The summed E-state index contributed by atoms with van der Waals surface area (Å²) < 4.78 is 7.81. The molecule has 1 aromatic rings. The van der Waals surface area contributed by atoms with Gasteiger partial charge in [0.05, 0.1) is 19.2 Å². The van der Waals surface area contributed by atoms with Crippen LogP contribution < -0.4 is 0 Å². The predicted molar refractivity (Wildman–Crippen MR) is 89.3 cm³/mol. The Kier molecular flexibility index (Phi) is 5.55. The Labute approximate surface area is 141 Å². The van der Waals surface area contributed by atoms with Crippen molar-refractivity contribution < 1.29 is 9.53 Å². The molecule has 2 aliphatic rings. The fraction of sp³-hybridized carbons (Fsp3) is 0.800. The molecule has 8 heteroatoms. The first-order chi connectivity index (χ1) is 11.2. The van der Waals surface area contributed by atoms with E-state index in [1.807, 2.05) is 28.2 Å². The molecule has 0 unspecified atom stereocenters. The molecule has 23 heavy (non-hydrogen) atoms. The molecule has 2 aliphatic heterocycles. The Morgan fingerprint density at radius 1 is 1.43 bits per heavy atom. The van der Waals surface area contributed by atoms with E-state index >= 15 is 0 Å². The zero-order valence-electron chi connectivity index (χ0n) is 13.8. The zero-order chi connectivity index (χ0) is 16.2. The number of thioether (sulfide) groups is 1. The minimum absolute atomic E-state index is 0.0568. The van der Waals surface area contributed by atoms with Crippen LogP contribution in [0, 0.1) is 0 Å². The van der Waals surface area contributed by atoms with Crippen LogP contribution >= 0.6 is 11.8 Å². The van der Waals surface area contributed by atoms with Gasteiger partial charge in [0.1, 0.15) is 12.4 Å². The molecule has 0 aromatic carbocycles. The highest BCUT2D eigenvalue weighted by Crippen LogP contribution is 2.22. The summed E-state index contributed by atoms with van der Waals surface area (Å²) in [5.74, 6) is 3.24. The van der Waals surface area contributed by atoms with E-state index in [9.17, 15) is 4.79 Å². The van der Waals surface area contributed by atoms with E-state index in [2.05, 4.69) is 22.0 Å². The van der Waals surface area contributed by atoms with Gasteiger partial charge in [0.2, 0.25) is 5.91 Å². The largest absolute Gasteiger partial charge is 0.366 e. The number of amides is 1. The average molecular weight is 339 g/mol. The Balaban J connectivity index is 1.64. The molecular weight excluding hydrogens is 314 g/mol. The van der Waals surface area contributed by atoms with Gasteiger partial charge in [-0.3, -0.25) is 9.69 Å². The van der Waals surface area contributed by atoms with Crippen molar-refractivity contribution in [3.05, 3.63) is 12.2 Å². The zero-order valence-corrected chi connectivity index (χ0v) is 14.7. The third kappa shape index (κ3) is 3.70. The number of aryl methyl sites for hydroxylation is 1. The van der Waals surface area contributed by atoms with E-state index in [4.69, 9.17) is 4.74 Å². The SMILES string of the molecule is CCn1cnnc1[C@H]1CN(C(=O)[C@H](C)N2CCSCC2)CCO1. The fourth-order valence-corrected chi connectivity index (χ4v) is 4.08. The molecule has 3 heterocycles. The normalized spacial score (nSPS) is 24.6. The molecule has 2 atom stereocenters. The van der Waals surface area contributed by atoms with Crippen LogP contribution in [0.3, 0.4) is 0 Å². The standard InChI is InChI=1S/C15H25N5O2S/c1-3-18-11-16-17-14(18)13-10-20(4-7-22-13)15(21)12(2)19-5-8-23-9-6-19/h11-13H,3-10H2,1-2H3/t12-,13+/m0/s1. The second-order valence-corrected chi connectivity index (χ2v) is 7.17. The minimum atomic E-state index is -0.181. The summed E-state index contributed by atoms with van der Waals surface area (Å²) in [6, 6.07) is -0.0568. The van der Waals surface area contributed by atoms with Crippen LogP contribution in [0.25, 0.3) is 0 Å². The molecule has 0 radical (unpaired) electrons. The molecule has 2 fully saturated rings. The second-order valence-electron chi connectivity index (χ2n) is 5.94. The summed E-state index contributed by atoms with van der Waals surface area (Å²) >= 11 is 1.96. The number of morpholine rings is 1. The van der Waals surface area contributed by atoms with Crippen molar-refractivity contribution >= 4 is 17.7 Å². The van der Waals surface area contributed by atoms with E-state index in [0.29, 0.717) is 19.7 Å². The van der Waals surface area contributed by atoms with Crippen LogP contribution in [0.15, 0.2) is 6.33 Å². The van der Waals surface area contributed by atoms with E-state index in [0.717, 1.165) is 37.0 Å². The Morgan fingerprint density at radius 3 is 2.96 bits per heavy atom. The smallest absolute Gasteiger partial charge is 0.239 e. The van der Waals surface area contributed by atoms with Gasteiger partial charge in [-0.25, -0.2) is 0 Å². The van der Waals surface area contributed by atoms with Crippen molar-refractivity contribution in [3.63, 3.8) is 0 Å². The van der Waals surface area contributed by atoms with Gasteiger partial charge in [-0.05, 0) is 13.8 Å². The summed E-state index contributed by atoms with van der Waals surface area (Å²) in [7, 11) is 0. The van der Waals surface area contributed by atoms with Crippen LogP contribution in [0.2, 0.25) is 0 Å². The molecule has 7 nitrogen and oxygen atoms in total. The van der Waals surface area contributed by atoms with Crippen molar-refractivity contribution in [2.24, 2.45) is 0 Å². The van der Waals surface area contributed by atoms with Crippen LogP contribution in [0.4, 0.5) is 0 Å². The molecule has 0 N–H and O–H groups in total. The number of ether oxygens (including phenoxy) is 1. The number of rotatable bonds is 4. The first kappa shape index (κ1) is 16.7. The van der Waals surface area contributed by atoms with E-state index in [1.54, 1.807) is 6.33 Å². The van der Waals surface area contributed by atoms with E-state index in [-0.39, 0.29) is 18.1 Å². The monoisotopic (exact) mass is 339 g/mol. The lowest BCUT2D eigenvalue weighted by Crippen LogP contribution is -2.53. The van der Waals surface area contributed by atoms with Crippen molar-refractivity contribution in [1.29, 1.82) is 0 Å². The van der Waals surface area contributed by atoms with E-state index < -0.39 is 0 Å². The van der Waals surface area contributed by atoms with Gasteiger partial charge in [-0.2, -0.15) is 11.8 Å². The topological polar surface area (TPSA) is 63.5 Å². The molecule has 2 saturated heterocycles. The van der Waals surface area contributed by atoms with Gasteiger partial charge < -0.3 is 14.2 Å². The van der Waals surface area contributed by atoms with Crippen LogP contribution in [-0.2, 0) is 16.1 Å². The summed E-state index contributed by atoms with van der Waals surface area (Å²) in [5, 5.41) is 8.14. The summed E-state index contributed by atoms with van der Waals surface area (Å²) in [4.78, 5) is 17.1. The highest BCUT2D eigenvalue weighted by atomic mass is 32.2. The van der Waals surface area contributed by atoms with Crippen LogP contribution in [-0.4, -0.2) is 80.8 Å². The maximum Gasteiger partial charge on any atom is 0.239 e. The van der Waals surface area contributed by atoms with Gasteiger partial charge in [0.15, 0.2) is 5.82 Å². The lowest BCUT2D eigenvalue weighted by Gasteiger charge is -2.38. The number of carbonyl (C=O) groups is 1. The molecule has 1 amide bonds. The first-order valence-corrected chi connectivity index (χ1v) is 9.46. The third-order valence-corrected chi connectivity index (χ3v) is 5.55. The van der Waals surface area contributed by atoms with Crippen molar-refractivity contribution in [2.75, 3.05) is 44.3 Å². The number of aromatic nitrogens is 3. The van der Waals surface area contributed by atoms with Gasteiger partial charge in [0, 0.05) is 37.7 Å². The number of hydrogen-bond donors (Lipinski definition) is 0. The summed E-state index contributed by atoms with van der Waals surface area (Å²) in [5.41, 5.74) is 0. The van der Waals surface area contributed by atoms with Crippen molar-refractivity contribution in [3.8, 4) is 0 Å².